The summed E-state index contributed by atoms with van der Waals surface area (Å²) in [5.74, 6) is 2.19. The van der Waals surface area contributed by atoms with E-state index in [0.717, 1.165) is 28.4 Å². The molecule has 5 nitrogen and oxygen atoms in total. The second-order valence-electron chi connectivity index (χ2n) is 4.06. The van der Waals surface area contributed by atoms with Crippen LogP contribution in [0.4, 0.5) is 0 Å². The maximum Gasteiger partial charge on any atom is 0.178 e. The Bertz CT molecular complexity index is 666. The van der Waals surface area contributed by atoms with Gasteiger partial charge < -0.3 is 14.5 Å². The molecule has 1 N–H and O–H groups in total. The molecule has 0 amide bonds. The molecule has 96 valence electrons. The molecule has 0 spiro atoms. The molecule has 1 aromatic carbocycles. The molecule has 3 rings (SSSR count). The zero-order chi connectivity index (χ0) is 13.2. The van der Waals surface area contributed by atoms with Crippen molar-refractivity contribution in [1.82, 2.24) is 15.0 Å². The third kappa shape index (κ3) is 2.10. The summed E-state index contributed by atoms with van der Waals surface area (Å²) in [6.07, 6.45) is 1.72. The fraction of sp³-hybridized carbons (Fsp3) is 0.143. The number of benzene rings is 1. The van der Waals surface area contributed by atoms with Crippen molar-refractivity contribution >= 4 is 11.2 Å². The van der Waals surface area contributed by atoms with Gasteiger partial charge in [-0.2, -0.15) is 0 Å². The van der Waals surface area contributed by atoms with Crippen LogP contribution in [0.2, 0.25) is 0 Å². The Morgan fingerprint density at radius 2 is 1.79 bits per heavy atom. The first kappa shape index (κ1) is 11.5. The Balaban J connectivity index is 2.14. The van der Waals surface area contributed by atoms with Gasteiger partial charge in [-0.3, -0.25) is 0 Å². The van der Waals surface area contributed by atoms with E-state index in [4.69, 9.17) is 9.47 Å². The van der Waals surface area contributed by atoms with E-state index in [1.54, 1.807) is 20.4 Å². The van der Waals surface area contributed by atoms with E-state index in [-0.39, 0.29) is 0 Å². The van der Waals surface area contributed by atoms with Gasteiger partial charge in [0.05, 0.1) is 19.7 Å². The van der Waals surface area contributed by atoms with E-state index in [1.165, 1.54) is 0 Å². The van der Waals surface area contributed by atoms with Crippen molar-refractivity contribution in [3.63, 3.8) is 0 Å². The van der Waals surface area contributed by atoms with E-state index in [9.17, 15) is 0 Å². The number of fused-ring (bicyclic) bond motifs is 1. The van der Waals surface area contributed by atoms with Gasteiger partial charge in [-0.15, -0.1) is 0 Å². The highest BCUT2D eigenvalue weighted by atomic mass is 16.5. The van der Waals surface area contributed by atoms with Crippen LogP contribution in [0.5, 0.6) is 11.5 Å². The quantitative estimate of drug-likeness (QED) is 0.781. The summed E-state index contributed by atoms with van der Waals surface area (Å²) in [7, 11) is 3.25. The lowest BCUT2D eigenvalue weighted by Gasteiger charge is -2.06. The Labute approximate surface area is 110 Å². The average Bonchev–Trinajstić information content (AvgIpc) is 2.90. The van der Waals surface area contributed by atoms with Crippen LogP contribution in [0, 0.1) is 0 Å². The van der Waals surface area contributed by atoms with Crippen LogP contribution in [0.25, 0.3) is 22.6 Å². The van der Waals surface area contributed by atoms with Crippen molar-refractivity contribution in [3.8, 4) is 22.9 Å². The van der Waals surface area contributed by atoms with E-state index in [2.05, 4.69) is 15.0 Å². The van der Waals surface area contributed by atoms with Crippen LogP contribution < -0.4 is 9.47 Å². The number of hydrogen-bond acceptors (Lipinski definition) is 4. The molecule has 0 bridgehead atoms. The number of H-pyrrole nitrogens is 1. The topological polar surface area (TPSA) is 60.0 Å². The Morgan fingerprint density at radius 3 is 2.42 bits per heavy atom. The number of aromatic amines is 1. The summed E-state index contributed by atoms with van der Waals surface area (Å²) in [4.78, 5) is 11.9. The lowest BCUT2D eigenvalue weighted by molar-refractivity contribution is 0.394. The Hall–Kier alpha value is -2.56. The minimum Gasteiger partial charge on any atom is -0.497 e. The number of aromatic nitrogens is 3. The third-order valence-electron chi connectivity index (χ3n) is 2.88. The van der Waals surface area contributed by atoms with E-state index in [0.29, 0.717) is 5.65 Å². The highest BCUT2D eigenvalue weighted by molar-refractivity contribution is 5.76. The van der Waals surface area contributed by atoms with Gasteiger partial charge in [0.25, 0.3) is 0 Å². The summed E-state index contributed by atoms with van der Waals surface area (Å²) in [6.45, 7) is 0. The molecule has 0 radical (unpaired) electrons. The molecule has 2 heterocycles. The largest absolute Gasteiger partial charge is 0.497 e. The van der Waals surface area contributed by atoms with Gasteiger partial charge in [0.2, 0.25) is 0 Å². The normalized spacial score (nSPS) is 10.6. The van der Waals surface area contributed by atoms with Gasteiger partial charge in [0, 0.05) is 17.8 Å². The minimum atomic E-state index is 0.694. The fourth-order valence-corrected chi connectivity index (χ4v) is 1.93. The molecule has 0 fully saturated rings. The number of hydrogen-bond donors (Lipinski definition) is 1. The molecule has 0 atom stereocenters. The maximum absolute atomic E-state index is 5.26. The highest BCUT2D eigenvalue weighted by Gasteiger charge is 2.09. The Kier molecular flexibility index (Phi) is 2.79. The molecule has 3 aromatic rings. The predicted molar refractivity (Wildman–Crippen MR) is 72.4 cm³/mol. The second kappa shape index (κ2) is 4.61. The molecule has 0 aliphatic carbocycles. The zero-order valence-corrected chi connectivity index (χ0v) is 10.7. The summed E-state index contributed by atoms with van der Waals surface area (Å²) >= 11 is 0. The van der Waals surface area contributed by atoms with Crippen LogP contribution in [0.1, 0.15) is 0 Å². The summed E-state index contributed by atoms with van der Waals surface area (Å²) < 4.78 is 10.5. The van der Waals surface area contributed by atoms with Gasteiger partial charge in [0.1, 0.15) is 17.3 Å². The van der Waals surface area contributed by atoms with Gasteiger partial charge in [-0.1, -0.05) is 0 Å². The molecule has 5 heteroatoms. The predicted octanol–water partition coefficient (Wildman–Crippen LogP) is 2.64. The van der Waals surface area contributed by atoms with Crippen molar-refractivity contribution in [3.05, 3.63) is 36.5 Å². The molecule has 0 aliphatic heterocycles. The standard InChI is InChI=1S/C14H13N3O2/c1-18-10-6-9(7-11(8-10)19-2)13-16-12-4-3-5-15-14(12)17-13/h3-8H,1-2H3,(H,15,16,17). The number of ether oxygens (including phenoxy) is 2. The molecular weight excluding hydrogens is 242 g/mol. The van der Waals surface area contributed by atoms with E-state index in [1.807, 2.05) is 30.3 Å². The van der Waals surface area contributed by atoms with Crippen LogP contribution in [0.3, 0.4) is 0 Å². The molecular formula is C14H13N3O2. The van der Waals surface area contributed by atoms with Crippen molar-refractivity contribution in [2.75, 3.05) is 14.2 Å². The third-order valence-corrected chi connectivity index (χ3v) is 2.88. The van der Waals surface area contributed by atoms with Gasteiger partial charge >= 0.3 is 0 Å². The van der Waals surface area contributed by atoms with Crippen molar-refractivity contribution in [2.45, 2.75) is 0 Å². The number of nitrogens with zero attached hydrogens (tertiary/aromatic N) is 2. The molecule has 2 aromatic heterocycles. The first-order valence-corrected chi connectivity index (χ1v) is 5.84. The number of methoxy groups -OCH3 is 2. The molecule has 0 saturated heterocycles. The van der Waals surface area contributed by atoms with Gasteiger partial charge in [-0.05, 0) is 24.3 Å². The first-order valence-electron chi connectivity index (χ1n) is 5.84. The lowest BCUT2D eigenvalue weighted by atomic mass is 10.2. The summed E-state index contributed by atoms with van der Waals surface area (Å²) in [6, 6.07) is 9.44. The van der Waals surface area contributed by atoms with E-state index < -0.39 is 0 Å². The van der Waals surface area contributed by atoms with Crippen molar-refractivity contribution < 1.29 is 9.47 Å². The number of imidazole rings is 1. The number of rotatable bonds is 3. The van der Waals surface area contributed by atoms with Crippen molar-refractivity contribution in [1.29, 1.82) is 0 Å². The second-order valence-corrected chi connectivity index (χ2v) is 4.06. The highest BCUT2D eigenvalue weighted by Crippen LogP contribution is 2.28. The molecule has 0 unspecified atom stereocenters. The fourth-order valence-electron chi connectivity index (χ4n) is 1.93. The number of pyridine rings is 1. The molecule has 0 saturated carbocycles. The minimum absolute atomic E-state index is 0.694. The van der Waals surface area contributed by atoms with Gasteiger partial charge in [-0.25, -0.2) is 9.97 Å². The first-order chi connectivity index (χ1) is 9.30. The van der Waals surface area contributed by atoms with Crippen LogP contribution in [0.15, 0.2) is 36.5 Å². The monoisotopic (exact) mass is 255 g/mol. The van der Waals surface area contributed by atoms with Crippen LogP contribution >= 0.6 is 0 Å². The van der Waals surface area contributed by atoms with E-state index >= 15 is 0 Å². The molecule has 19 heavy (non-hydrogen) atoms. The zero-order valence-electron chi connectivity index (χ0n) is 10.7. The summed E-state index contributed by atoms with van der Waals surface area (Å²) in [5.41, 5.74) is 2.49. The maximum atomic E-state index is 5.26. The summed E-state index contributed by atoms with van der Waals surface area (Å²) in [5, 5.41) is 0. The van der Waals surface area contributed by atoms with Crippen LogP contribution in [-0.2, 0) is 0 Å². The van der Waals surface area contributed by atoms with Crippen molar-refractivity contribution in [2.24, 2.45) is 0 Å². The average molecular weight is 255 g/mol. The van der Waals surface area contributed by atoms with Crippen LogP contribution in [-0.4, -0.2) is 29.2 Å². The smallest absolute Gasteiger partial charge is 0.178 e. The molecule has 0 aliphatic rings. The lowest BCUT2D eigenvalue weighted by Crippen LogP contribution is -1.89. The van der Waals surface area contributed by atoms with Gasteiger partial charge in [0.15, 0.2) is 5.65 Å². The number of nitrogens with one attached hydrogen (secondary N) is 1. The Morgan fingerprint density at radius 1 is 1.05 bits per heavy atom. The SMILES string of the molecule is COc1cc(OC)cc(-c2nc3ncccc3[nH]2)c1.